The molecule has 96 valence electrons. The third-order valence-corrected chi connectivity index (χ3v) is 3.28. The van der Waals surface area contributed by atoms with Gasteiger partial charge in [-0.15, -0.1) is 0 Å². The van der Waals surface area contributed by atoms with E-state index in [1.165, 1.54) is 6.08 Å². The molecule has 0 bridgehead atoms. The lowest BCUT2D eigenvalue weighted by molar-refractivity contribution is -0.125. The minimum Gasteiger partial charge on any atom is -0.377 e. The molecule has 2 heterocycles. The van der Waals surface area contributed by atoms with Gasteiger partial charge in [0.1, 0.15) is 0 Å². The fourth-order valence-electron chi connectivity index (χ4n) is 2.35. The molecule has 18 heavy (non-hydrogen) atoms. The lowest BCUT2D eigenvalue weighted by Crippen LogP contribution is -2.39. The van der Waals surface area contributed by atoms with E-state index < -0.39 is 0 Å². The van der Waals surface area contributed by atoms with Crippen LogP contribution in [0, 0.1) is 6.92 Å². The van der Waals surface area contributed by atoms with Crippen molar-refractivity contribution in [2.75, 3.05) is 18.4 Å². The van der Waals surface area contributed by atoms with Gasteiger partial charge in [0.15, 0.2) is 0 Å². The number of nitrogens with zero attached hydrogens (tertiary/aromatic N) is 2. The number of hydrogen-bond acceptors (Lipinski definition) is 3. The van der Waals surface area contributed by atoms with E-state index in [4.69, 9.17) is 0 Å². The number of nitrogens with one attached hydrogen (secondary N) is 1. The summed E-state index contributed by atoms with van der Waals surface area (Å²) < 4.78 is 0. The molecule has 4 nitrogen and oxygen atoms in total. The second-order valence-corrected chi connectivity index (χ2v) is 5.15. The molecular formula is C14H19N3O. The van der Waals surface area contributed by atoms with Crippen molar-refractivity contribution < 1.29 is 4.79 Å². The van der Waals surface area contributed by atoms with E-state index in [9.17, 15) is 4.79 Å². The van der Waals surface area contributed by atoms with Crippen molar-refractivity contribution in [2.24, 2.45) is 0 Å². The predicted octanol–water partition coefficient (Wildman–Crippen LogP) is 1.98. The second kappa shape index (κ2) is 4.80. The number of likely N-dealkylation sites (tertiary alicyclic amines) is 1. The second-order valence-electron chi connectivity index (χ2n) is 5.15. The molecule has 1 aromatic heterocycles. The summed E-state index contributed by atoms with van der Waals surface area (Å²) >= 11 is 0. The van der Waals surface area contributed by atoms with Crippen molar-refractivity contribution in [3.8, 4) is 0 Å². The molecular weight excluding hydrogens is 226 g/mol. The van der Waals surface area contributed by atoms with Crippen LogP contribution in [-0.4, -0.2) is 34.4 Å². The van der Waals surface area contributed by atoms with Crippen molar-refractivity contribution in [1.82, 2.24) is 9.88 Å². The molecule has 1 aliphatic heterocycles. The van der Waals surface area contributed by atoms with Crippen molar-refractivity contribution in [3.05, 3.63) is 36.7 Å². The first-order chi connectivity index (χ1) is 8.52. The highest BCUT2D eigenvalue weighted by Crippen LogP contribution is 2.25. The van der Waals surface area contributed by atoms with Gasteiger partial charge in [0.25, 0.3) is 0 Å². The maximum absolute atomic E-state index is 11.6. The molecule has 4 heteroatoms. The Kier molecular flexibility index (Phi) is 3.36. The van der Waals surface area contributed by atoms with Crippen LogP contribution >= 0.6 is 0 Å². The Hall–Kier alpha value is -1.84. The highest BCUT2D eigenvalue weighted by molar-refractivity contribution is 5.87. The molecule has 1 unspecified atom stereocenters. The number of amides is 1. The summed E-state index contributed by atoms with van der Waals surface area (Å²) in [7, 11) is 0. The van der Waals surface area contributed by atoms with E-state index in [0.29, 0.717) is 6.54 Å². The average molecular weight is 245 g/mol. The summed E-state index contributed by atoms with van der Waals surface area (Å²) in [5.41, 5.74) is 2.04. The molecule has 1 fully saturated rings. The molecule has 2 rings (SSSR count). The molecule has 0 spiro atoms. The number of aromatic nitrogens is 1. The van der Waals surface area contributed by atoms with Crippen LogP contribution in [0.1, 0.15) is 18.9 Å². The maximum Gasteiger partial charge on any atom is 0.246 e. The monoisotopic (exact) mass is 245 g/mol. The van der Waals surface area contributed by atoms with Crippen LogP contribution in [0.3, 0.4) is 0 Å². The predicted molar refractivity (Wildman–Crippen MR) is 72.4 cm³/mol. The number of hydrogen-bond donors (Lipinski definition) is 1. The number of carbonyl (C=O) groups excluding carboxylic acids is 1. The maximum atomic E-state index is 11.6. The summed E-state index contributed by atoms with van der Waals surface area (Å²) in [5.74, 6) is 0.00268. The number of rotatable bonds is 3. The van der Waals surface area contributed by atoms with E-state index in [1.807, 2.05) is 24.2 Å². The van der Waals surface area contributed by atoms with Crippen molar-refractivity contribution in [2.45, 2.75) is 25.8 Å². The van der Waals surface area contributed by atoms with Crippen molar-refractivity contribution in [3.63, 3.8) is 0 Å². The Morgan fingerprint density at radius 1 is 1.61 bits per heavy atom. The smallest absolute Gasteiger partial charge is 0.246 e. The summed E-state index contributed by atoms with van der Waals surface area (Å²) in [6.45, 7) is 9.15. The molecule has 1 atom stereocenters. The van der Waals surface area contributed by atoms with Gasteiger partial charge >= 0.3 is 0 Å². The van der Waals surface area contributed by atoms with Gasteiger partial charge in [0.05, 0.1) is 11.2 Å². The standard InChI is InChI=1S/C14H19N3O/c1-4-13(18)17-6-5-14(3,10-17)16-12-7-11(2)8-15-9-12/h4,7-9,16H,1,5-6,10H2,2-3H3. The number of aryl methyl sites for hydroxylation is 1. The molecule has 0 saturated carbocycles. The van der Waals surface area contributed by atoms with E-state index in [2.05, 4.69) is 29.9 Å². The van der Waals surface area contributed by atoms with Gasteiger partial charge in [-0.3, -0.25) is 9.78 Å². The topological polar surface area (TPSA) is 45.2 Å². The van der Waals surface area contributed by atoms with Crippen LogP contribution in [0.25, 0.3) is 0 Å². The lowest BCUT2D eigenvalue weighted by atomic mass is 10.0. The Morgan fingerprint density at radius 2 is 2.39 bits per heavy atom. The fraction of sp³-hybridized carbons (Fsp3) is 0.429. The van der Waals surface area contributed by atoms with Gasteiger partial charge in [-0.2, -0.15) is 0 Å². The van der Waals surface area contributed by atoms with Gasteiger partial charge in [-0.1, -0.05) is 6.58 Å². The van der Waals surface area contributed by atoms with E-state index in [0.717, 1.165) is 24.2 Å². The summed E-state index contributed by atoms with van der Waals surface area (Å²) in [6, 6.07) is 2.07. The Bertz CT molecular complexity index is 472. The molecule has 1 saturated heterocycles. The minimum absolute atomic E-state index is 0.00268. The Morgan fingerprint density at radius 3 is 3.06 bits per heavy atom. The van der Waals surface area contributed by atoms with Crippen LogP contribution < -0.4 is 5.32 Å². The van der Waals surface area contributed by atoms with Gasteiger partial charge in [0.2, 0.25) is 5.91 Å². The molecule has 0 aliphatic carbocycles. The third kappa shape index (κ3) is 2.70. The zero-order chi connectivity index (χ0) is 13.2. The van der Waals surface area contributed by atoms with E-state index >= 15 is 0 Å². The number of pyridine rings is 1. The lowest BCUT2D eigenvalue weighted by Gasteiger charge is -2.27. The van der Waals surface area contributed by atoms with Crippen molar-refractivity contribution in [1.29, 1.82) is 0 Å². The van der Waals surface area contributed by atoms with Crippen molar-refractivity contribution >= 4 is 11.6 Å². The first-order valence-corrected chi connectivity index (χ1v) is 6.14. The fourth-order valence-corrected chi connectivity index (χ4v) is 2.35. The molecule has 0 aromatic carbocycles. The first kappa shape index (κ1) is 12.6. The third-order valence-electron chi connectivity index (χ3n) is 3.28. The van der Waals surface area contributed by atoms with Gasteiger partial charge in [0, 0.05) is 25.5 Å². The van der Waals surface area contributed by atoms with E-state index in [-0.39, 0.29) is 11.4 Å². The highest BCUT2D eigenvalue weighted by atomic mass is 16.2. The van der Waals surface area contributed by atoms with Crippen LogP contribution in [0.15, 0.2) is 31.1 Å². The minimum atomic E-state index is -0.0891. The van der Waals surface area contributed by atoms with Gasteiger partial charge in [-0.25, -0.2) is 0 Å². The van der Waals surface area contributed by atoms with Gasteiger partial charge in [-0.05, 0) is 38.0 Å². The summed E-state index contributed by atoms with van der Waals surface area (Å²) in [6.07, 6.45) is 5.95. The first-order valence-electron chi connectivity index (χ1n) is 6.14. The average Bonchev–Trinajstić information content (AvgIpc) is 2.70. The summed E-state index contributed by atoms with van der Waals surface area (Å²) in [5, 5.41) is 3.48. The van der Waals surface area contributed by atoms with Crippen LogP contribution in [0.4, 0.5) is 5.69 Å². The van der Waals surface area contributed by atoms with Crippen LogP contribution in [0.5, 0.6) is 0 Å². The summed E-state index contributed by atoms with van der Waals surface area (Å²) in [4.78, 5) is 17.6. The normalized spacial score (nSPS) is 22.9. The zero-order valence-electron chi connectivity index (χ0n) is 10.9. The molecule has 1 aliphatic rings. The quantitative estimate of drug-likeness (QED) is 0.828. The highest BCUT2D eigenvalue weighted by Gasteiger charge is 2.35. The number of carbonyl (C=O) groups is 1. The molecule has 1 aromatic rings. The zero-order valence-corrected chi connectivity index (χ0v) is 10.9. The van der Waals surface area contributed by atoms with Gasteiger partial charge < -0.3 is 10.2 Å². The SMILES string of the molecule is C=CC(=O)N1CCC(C)(Nc2cncc(C)c2)C1. The number of anilines is 1. The van der Waals surface area contributed by atoms with Crippen LogP contribution in [0.2, 0.25) is 0 Å². The largest absolute Gasteiger partial charge is 0.377 e. The molecule has 0 radical (unpaired) electrons. The van der Waals surface area contributed by atoms with Crippen LogP contribution in [-0.2, 0) is 4.79 Å². The molecule has 1 amide bonds. The van der Waals surface area contributed by atoms with E-state index in [1.54, 1.807) is 0 Å². The Balaban J connectivity index is 2.06. The molecule has 1 N–H and O–H groups in total. The Labute approximate surface area is 108 Å².